The lowest BCUT2D eigenvalue weighted by atomic mass is 10.5. The maximum Gasteiger partial charge on any atom is 0.327 e. The van der Waals surface area contributed by atoms with Gasteiger partial charge in [0.05, 0.1) is 18.8 Å². The van der Waals surface area contributed by atoms with E-state index in [-0.39, 0.29) is 26.2 Å². The Morgan fingerprint density at radius 2 is 2.36 bits per heavy atom. The summed E-state index contributed by atoms with van der Waals surface area (Å²) in [5, 5.41) is 8.15. The maximum absolute atomic E-state index is 10.9. The average molecular weight is 196 g/mol. The quantitative estimate of drug-likeness (QED) is 0.260. The zero-order chi connectivity index (χ0) is 10.6. The first-order valence-electron chi connectivity index (χ1n) is 4.04. The second-order valence-corrected chi connectivity index (χ2v) is 2.14. The lowest BCUT2D eigenvalue weighted by Crippen LogP contribution is -2.11. The molecule has 5 nitrogen and oxygen atoms in total. The molecular weight excluding hydrogens is 184 g/mol. The number of hydrogen-bond acceptors (Lipinski definition) is 5. The molecule has 0 aliphatic carbocycles. The maximum atomic E-state index is 10.9. The number of aliphatic imine (C=N–C) groups is 1. The van der Waals surface area contributed by atoms with Crippen molar-refractivity contribution in [3.8, 4) is 6.07 Å². The minimum absolute atomic E-state index is 0.0598. The van der Waals surface area contributed by atoms with Crippen molar-refractivity contribution in [1.82, 2.24) is 0 Å². The van der Waals surface area contributed by atoms with Crippen LogP contribution >= 0.6 is 0 Å². The van der Waals surface area contributed by atoms with Crippen molar-refractivity contribution in [2.24, 2.45) is 4.99 Å². The molecule has 0 atom stereocenters. The predicted octanol–water partition coefficient (Wildman–Crippen LogP) is 0.674. The second-order valence-electron chi connectivity index (χ2n) is 2.14. The topological polar surface area (TPSA) is 71.7 Å². The number of hydrogen-bond donors (Lipinski definition) is 0. The van der Waals surface area contributed by atoms with Gasteiger partial charge in [-0.05, 0) is 0 Å². The van der Waals surface area contributed by atoms with Gasteiger partial charge >= 0.3 is 5.97 Å². The molecule has 0 amide bonds. The molecule has 0 radical (unpaired) electrons. The van der Waals surface area contributed by atoms with Crippen LogP contribution in [0.5, 0.6) is 0 Å². The molecule has 0 aromatic heterocycles. The summed E-state index contributed by atoms with van der Waals surface area (Å²) >= 11 is 0. The molecule has 0 aromatic carbocycles. The summed E-state index contributed by atoms with van der Waals surface area (Å²) in [5.74, 6) is -0.438. The fraction of sp³-hybridized carbons (Fsp3) is 0.444. The molecule has 76 valence electrons. The molecule has 0 aliphatic rings. The Bertz CT molecular complexity index is 243. The minimum atomic E-state index is -0.438. The Labute approximate surface area is 82.6 Å². The highest BCUT2D eigenvalue weighted by Gasteiger charge is 1.98. The van der Waals surface area contributed by atoms with E-state index in [1.807, 2.05) is 6.07 Å². The molecule has 0 saturated heterocycles. The van der Waals surface area contributed by atoms with Crippen LogP contribution in [0.2, 0.25) is 0 Å². The smallest absolute Gasteiger partial charge is 0.327 e. The van der Waals surface area contributed by atoms with Crippen LogP contribution in [0.3, 0.4) is 0 Å². The SMILES string of the molecule is C=COCCOC(=O)CN=CCC#N. The van der Waals surface area contributed by atoms with Gasteiger partial charge in [0.25, 0.3) is 0 Å². The Kier molecular flexibility index (Phi) is 8.05. The lowest BCUT2D eigenvalue weighted by molar-refractivity contribution is -0.142. The van der Waals surface area contributed by atoms with E-state index >= 15 is 0 Å². The van der Waals surface area contributed by atoms with Crippen molar-refractivity contribution < 1.29 is 14.3 Å². The molecule has 0 unspecified atom stereocenters. The van der Waals surface area contributed by atoms with Gasteiger partial charge in [-0.1, -0.05) is 6.58 Å². The summed E-state index contributed by atoms with van der Waals surface area (Å²) < 4.78 is 9.45. The van der Waals surface area contributed by atoms with E-state index in [4.69, 9.17) is 14.7 Å². The van der Waals surface area contributed by atoms with Crippen LogP contribution in [0, 0.1) is 11.3 Å². The van der Waals surface area contributed by atoms with Crippen molar-refractivity contribution >= 4 is 12.2 Å². The number of ether oxygens (including phenoxy) is 2. The van der Waals surface area contributed by atoms with Gasteiger partial charge in [0.1, 0.15) is 19.8 Å². The van der Waals surface area contributed by atoms with E-state index in [0.29, 0.717) is 0 Å². The zero-order valence-electron chi connectivity index (χ0n) is 7.81. The van der Waals surface area contributed by atoms with Crippen molar-refractivity contribution in [2.45, 2.75) is 6.42 Å². The van der Waals surface area contributed by atoms with Crippen LogP contribution in [0.4, 0.5) is 0 Å². The Hall–Kier alpha value is -1.83. The van der Waals surface area contributed by atoms with Gasteiger partial charge in [-0.2, -0.15) is 5.26 Å². The van der Waals surface area contributed by atoms with Crippen LogP contribution in [0.1, 0.15) is 6.42 Å². The first kappa shape index (κ1) is 12.2. The zero-order valence-corrected chi connectivity index (χ0v) is 7.81. The monoisotopic (exact) mass is 196 g/mol. The first-order chi connectivity index (χ1) is 6.81. The molecule has 0 spiro atoms. The Balaban J connectivity index is 3.37. The molecule has 0 rings (SSSR count). The fourth-order valence-electron chi connectivity index (χ4n) is 0.577. The summed E-state index contributed by atoms with van der Waals surface area (Å²) in [5.41, 5.74) is 0. The highest BCUT2D eigenvalue weighted by Crippen LogP contribution is 1.82. The predicted molar refractivity (Wildman–Crippen MR) is 50.7 cm³/mol. The molecule has 5 heteroatoms. The number of nitrogens with zero attached hydrogens (tertiary/aromatic N) is 2. The van der Waals surface area contributed by atoms with Crippen LogP contribution in [-0.4, -0.2) is 31.9 Å². The molecule has 0 aliphatic heterocycles. The lowest BCUT2D eigenvalue weighted by Gasteiger charge is -2.01. The first-order valence-corrected chi connectivity index (χ1v) is 4.04. The number of carbonyl (C=O) groups is 1. The van der Waals surface area contributed by atoms with Gasteiger partial charge in [0, 0.05) is 6.21 Å². The fourth-order valence-corrected chi connectivity index (χ4v) is 0.577. The largest absolute Gasteiger partial charge is 0.498 e. The molecular formula is C9H12N2O3. The summed E-state index contributed by atoms with van der Waals surface area (Å²) in [4.78, 5) is 14.5. The van der Waals surface area contributed by atoms with Gasteiger partial charge in [-0.3, -0.25) is 9.79 Å². The Morgan fingerprint density at radius 3 is 3.00 bits per heavy atom. The highest BCUT2D eigenvalue weighted by molar-refractivity contribution is 5.74. The number of nitriles is 1. The average Bonchev–Trinajstić information content (AvgIpc) is 2.19. The van der Waals surface area contributed by atoms with Gasteiger partial charge in [0.2, 0.25) is 0 Å². The van der Waals surface area contributed by atoms with Crippen molar-refractivity contribution in [3.63, 3.8) is 0 Å². The van der Waals surface area contributed by atoms with Crippen LogP contribution in [0.15, 0.2) is 17.8 Å². The summed E-state index contributed by atoms with van der Waals surface area (Å²) in [7, 11) is 0. The van der Waals surface area contributed by atoms with Gasteiger partial charge in [-0.15, -0.1) is 0 Å². The van der Waals surface area contributed by atoms with E-state index in [1.165, 1.54) is 12.5 Å². The number of esters is 1. The third-order valence-electron chi connectivity index (χ3n) is 1.11. The highest BCUT2D eigenvalue weighted by atomic mass is 16.6. The number of rotatable bonds is 7. The van der Waals surface area contributed by atoms with E-state index < -0.39 is 5.97 Å². The summed E-state index contributed by atoms with van der Waals surface area (Å²) in [6, 6.07) is 1.87. The Morgan fingerprint density at radius 1 is 1.57 bits per heavy atom. The molecule has 0 heterocycles. The molecule has 0 fully saturated rings. The molecule has 14 heavy (non-hydrogen) atoms. The van der Waals surface area contributed by atoms with Crippen molar-refractivity contribution in [1.29, 1.82) is 5.26 Å². The molecule has 0 N–H and O–H groups in total. The second kappa shape index (κ2) is 9.26. The van der Waals surface area contributed by atoms with Crippen molar-refractivity contribution in [2.75, 3.05) is 19.8 Å². The standard InChI is InChI=1S/C9H12N2O3/c1-2-13-6-7-14-9(12)8-11-5-3-4-10/h2,5H,1,3,6-8H2. The molecule has 0 bridgehead atoms. The summed E-state index contributed by atoms with van der Waals surface area (Å²) in [6.45, 7) is 3.74. The van der Waals surface area contributed by atoms with E-state index in [0.717, 1.165) is 0 Å². The van der Waals surface area contributed by atoms with Gasteiger partial charge < -0.3 is 9.47 Å². The van der Waals surface area contributed by atoms with Gasteiger partial charge in [0.15, 0.2) is 0 Å². The summed E-state index contributed by atoms with van der Waals surface area (Å²) in [6.07, 6.45) is 2.85. The molecule has 0 aromatic rings. The van der Waals surface area contributed by atoms with E-state index in [9.17, 15) is 4.79 Å². The van der Waals surface area contributed by atoms with Gasteiger partial charge in [-0.25, -0.2) is 0 Å². The normalized spacial score (nSPS) is 9.36. The van der Waals surface area contributed by atoms with E-state index in [2.05, 4.69) is 11.6 Å². The van der Waals surface area contributed by atoms with Crippen LogP contribution < -0.4 is 0 Å². The third kappa shape index (κ3) is 8.27. The minimum Gasteiger partial charge on any atom is -0.498 e. The van der Waals surface area contributed by atoms with Crippen LogP contribution in [-0.2, 0) is 14.3 Å². The van der Waals surface area contributed by atoms with E-state index in [1.54, 1.807) is 0 Å². The molecule has 0 saturated carbocycles. The van der Waals surface area contributed by atoms with Crippen LogP contribution in [0.25, 0.3) is 0 Å². The third-order valence-corrected chi connectivity index (χ3v) is 1.11. The number of carbonyl (C=O) groups excluding carboxylic acids is 1. The van der Waals surface area contributed by atoms with Crippen molar-refractivity contribution in [3.05, 3.63) is 12.8 Å².